The monoisotopic (exact) mass is 499 g/mol. The van der Waals surface area contributed by atoms with E-state index in [1.54, 1.807) is 0 Å². The van der Waals surface area contributed by atoms with Crippen molar-refractivity contribution in [1.29, 1.82) is 0 Å². The first-order chi connectivity index (χ1) is 16.4. The van der Waals surface area contributed by atoms with Gasteiger partial charge in [-0.25, -0.2) is 4.79 Å². The first-order valence-electron chi connectivity index (χ1n) is 11.6. The minimum absolute atomic E-state index is 0.0425. The van der Waals surface area contributed by atoms with Crippen LogP contribution in [0.15, 0.2) is 4.99 Å². The van der Waals surface area contributed by atoms with Crippen LogP contribution < -0.4 is 27.8 Å². The Bertz CT molecular complexity index is 816. The van der Waals surface area contributed by atoms with Crippen molar-refractivity contribution in [3.63, 3.8) is 0 Å². The van der Waals surface area contributed by atoms with Crippen LogP contribution in [-0.2, 0) is 24.0 Å². The number of carboxylic acid groups (broad SMARTS) is 2. The number of rotatable bonds is 14. The average Bonchev–Trinajstić information content (AvgIpc) is 3.28. The number of nitrogens with zero attached hydrogens (tertiary/aromatic N) is 2. The van der Waals surface area contributed by atoms with Crippen LogP contribution in [0.4, 0.5) is 0 Å². The third kappa shape index (κ3) is 9.39. The molecule has 0 spiro atoms. The lowest BCUT2D eigenvalue weighted by molar-refractivity contribution is -0.147. The lowest BCUT2D eigenvalue weighted by Gasteiger charge is -2.30. The van der Waals surface area contributed by atoms with Crippen LogP contribution >= 0.6 is 0 Å². The molecule has 5 atom stereocenters. The number of hydrogen-bond donors (Lipinski definition) is 7. The van der Waals surface area contributed by atoms with Crippen molar-refractivity contribution in [3.05, 3.63) is 0 Å². The molecular weight excluding hydrogens is 462 g/mol. The van der Waals surface area contributed by atoms with Crippen LogP contribution in [-0.4, -0.2) is 88.0 Å². The third-order valence-corrected chi connectivity index (χ3v) is 5.95. The lowest BCUT2D eigenvalue weighted by atomic mass is 9.98. The van der Waals surface area contributed by atoms with E-state index in [-0.39, 0.29) is 37.2 Å². The van der Waals surface area contributed by atoms with Crippen LogP contribution in [0.3, 0.4) is 0 Å². The summed E-state index contributed by atoms with van der Waals surface area (Å²) in [4.78, 5) is 66.3. The second-order valence-corrected chi connectivity index (χ2v) is 8.61. The first-order valence-corrected chi connectivity index (χ1v) is 11.6. The molecule has 0 aromatic carbocycles. The number of amides is 3. The minimum atomic E-state index is -1.69. The van der Waals surface area contributed by atoms with E-state index < -0.39 is 54.3 Å². The number of hydrogen-bond acceptors (Lipinski definition) is 7. The maximum absolute atomic E-state index is 13.1. The van der Waals surface area contributed by atoms with Gasteiger partial charge in [0.1, 0.15) is 18.1 Å². The van der Waals surface area contributed by atoms with Gasteiger partial charge in [0.05, 0.1) is 12.5 Å². The maximum atomic E-state index is 13.1. The Labute approximate surface area is 203 Å². The first kappa shape index (κ1) is 29.6. The number of carbonyl (C=O) groups is 5. The molecule has 10 N–H and O–H groups in total. The zero-order valence-electron chi connectivity index (χ0n) is 20.1. The third-order valence-electron chi connectivity index (χ3n) is 5.95. The highest BCUT2D eigenvalue weighted by molar-refractivity contribution is 5.95. The van der Waals surface area contributed by atoms with Gasteiger partial charge in [-0.05, 0) is 31.6 Å². The Morgan fingerprint density at radius 1 is 1.11 bits per heavy atom. The standard InChI is InChI=1S/C21H37N7O7/c1-3-11(2)16(22)19(33)28-9-5-7-14(28)18(32)26-12(6-4-8-25-21(23)24)17(31)27-13(20(34)35)10-15(29)30/h11-14,16H,3-10,22H2,1-2H3,(H,26,32)(H,27,31)(H,29,30)(H,34,35)(H4,23,24,25). The number of aliphatic carboxylic acids is 2. The predicted molar refractivity (Wildman–Crippen MR) is 126 cm³/mol. The molecular formula is C21H37N7O7. The summed E-state index contributed by atoms with van der Waals surface area (Å²) in [7, 11) is 0. The highest BCUT2D eigenvalue weighted by Crippen LogP contribution is 2.21. The fourth-order valence-electron chi connectivity index (χ4n) is 3.68. The van der Waals surface area contributed by atoms with Gasteiger partial charge in [-0.3, -0.25) is 24.2 Å². The van der Waals surface area contributed by atoms with Gasteiger partial charge in [0.25, 0.3) is 0 Å². The molecule has 14 nitrogen and oxygen atoms in total. The lowest BCUT2D eigenvalue weighted by Crippen LogP contribution is -2.57. The molecule has 0 bridgehead atoms. The number of nitrogens with two attached hydrogens (primary N) is 3. The van der Waals surface area contributed by atoms with Crippen LogP contribution in [0, 0.1) is 5.92 Å². The predicted octanol–water partition coefficient (Wildman–Crippen LogP) is -2.07. The second kappa shape index (κ2) is 14.1. The van der Waals surface area contributed by atoms with Crippen LogP contribution in [0.25, 0.3) is 0 Å². The zero-order valence-corrected chi connectivity index (χ0v) is 20.1. The van der Waals surface area contributed by atoms with Gasteiger partial charge >= 0.3 is 11.9 Å². The molecule has 1 fully saturated rings. The van der Waals surface area contributed by atoms with E-state index in [1.807, 2.05) is 13.8 Å². The molecule has 1 aliphatic rings. The summed E-state index contributed by atoms with van der Waals surface area (Å²) in [6.45, 7) is 4.26. The summed E-state index contributed by atoms with van der Waals surface area (Å²) in [5.74, 6) is -4.98. The normalized spacial score (nSPS) is 18.6. The number of nitrogens with one attached hydrogen (secondary N) is 2. The molecule has 3 amide bonds. The van der Waals surface area contributed by atoms with E-state index >= 15 is 0 Å². The number of carboxylic acids is 2. The Balaban J connectivity index is 2.99. The number of likely N-dealkylation sites (tertiary alicyclic amines) is 1. The van der Waals surface area contributed by atoms with Crippen molar-refractivity contribution in [1.82, 2.24) is 15.5 Å². The van der Waals surface area contributed by atoms with Crippen molar-refractivity contribution in [3.8, 4) is 0 Å². The molecule has 1 aliphatic heterocycles. The Kier molecular flexibility index (Phi) is 11.9. The summed E-state index contributed by atoms with van der Waals surface area (Å²) in [5, 5.41) is 22.9. The van der Waals surface area contributed by atoms with Crippen molar-refractivity contribution in [2.45, 2.75) is 76.5 Å². The Hall–Kier alpha value is -3.42. The van der Waals surface area contributed by atoms with E-state index in [4.69, 9.17) is 22.3 Å². The summed E-state index contributed by atoms with van der Waals surface area (Å²) in [6.07, 6.45) is 1.12. The average molecular weight is 500 g/mol. The van der Waals surface area contributed by atoms with E-state index in [0.717, 1.165) is 0 Å². The molecule has 1 heterocycles. The van der Waals surface area contributed by atoms with Crippen LogP contribution in [0.5, 0.6) is 0 Å². The van der Waals surface area contributed by atoms with Crippen molar-refractivity contribution >= 4 is 35.6 Å². The van der Waals surface area contributed by atoms with Crippen molar-refractivity contribution in [2.24, 2.45) is 28.1 Å². The summed E-state index contributed by atoms with van der Waals surface area (Å²) in [5.41, 5.74) is 16.6. The molecule has 0 aliphatic carbocycles. The summed E-state index contributed by atoms with van der Waals surface area (Å²) in [6, 6.07) is -4.48. The summed E-state index contributed by atoms with van der Waals surface area (Å²) < 4.78 is 0. The van der Waals surface area contributed by atoms with Gasteiger partial charge < -0.3 is 42.9 Å². The van der Waals surface area contributed by atoms with Crippen molar-refractivity contribution < 1.29 is 34.2 Å². The number of guanidine groups is 1. The Morgan fingerprint density at radius 3 is 2.31 bits per heavy atom. The van der Waals surface area contributed by atoms with E-state index in [1.165, 1.54) is 4.90 Å². The van der Waals surface area contributed by atoms with Crippen LogP contribution in [0.2, 0.25) is 0 Å². The maximum Gasteiger partial charge on any atom is 0.326 e. The fourth-order valence-corrected chi connectivity index (χ4v) is 3.68. The van der Waals surface area contributed by atoms with E-state index in [9.17, 15) is 29.1 Å². The molecule has 0 radical (unpaired) electrons. The second-order valence-electron chi connectivity index (χ2n) is 8.61. The SMILES string of the molecule is CCC(C)C(N)C(=O)N1CCCC1C(=O)NC(CCCN=C(N)N)C(=O)NC(CC(=O)O)C(=O)O. The molecule has 1 saturated heterocycles. The highest BCUT2D eigenvalue weighted by Gasteiger charge is 2.38. The molecule has 35 heavy (non-hydrogen) atoms. The largest absolute Gasteiger partial charge is 0.481 e. The van der Waals surface area contributed by atoms with Gasteiger partial charge in [-0.1, -0.05) is 20.3 Å². The molecule has 198 valence electrons. The minimum Gasteiger partial charge on any atom is -0.481 e. The van der Waals surface area contributed by atoms with Gasteiger partial charge in [0.15, 0.2) is 5.96 Å². The van der Waals surface area contributed by atoms with Gasteiger partial charge in [-0.2, -0.15) is 0 Å². The summed E-state index contributed by atoms with van der Waals surface area (Å²) >= 11 is 0. The smallest absolute Gasteiger partial charge is 0.326 e. The van der Waals surface area contributed by atoms with Crippen LogP contribution in [0.1, 0.15) is 52.4 Å². The molecule has 5 unspecified atom stereocenters. The van der Waals surface area contributed by atoms with Gasteiger partial charge in [-0.15, -0.1) is 0 Å². The number of aliphatic imine (C=N–C) groups is 1. The quantitative estimate of drug-likeness (QED) is 0.0781. The van der Waals surface area contributed by atoms with E-state index in [0.29, 0.717) is 25.8 Å². The molecule has 14 heteroatoms. The molecule has 0 saturated carbocycles. The van der Waals surface area contributed by atoms with Gasteiger partial charge in [0.2, 0.25) is 17.7 Å². The van der Waals surface area contributed by atoms with Gasteiger partial charge in [0, 0.05) is 13.1 Å². The van der Waals surface area contributed by atoms with E-state index in [2.05, 4.69) is 15.6 Å². The zero-order chi connectivity index (χ0) is 26.7. The van der Waals surface area contributed by atoms with Crippen molar-refractivity contribution in [2.75, 3.05) is 13.1 Å². The number of carbonyl (C=O) groups excluding carboxylic acids is 3. The topological polar surface area (TPSA) is 244 Å². The highest BCUT2D eigenvalue weighted by atomic mass is 16.4. The molecule has 0 aromatic heterocycles. The Morgan fingerprint density at radius 2 is 1.77 bits per heavy atom. The fraction of sp³-hybridized carbons (Fsp3) is 0.714. The molecule has 0 aromatic rings. The molecule has 1 rings (SSSR count).